The Morgan fingerprint density at radius 1 is 0.978 bits per heavy atom. The lowest BCUT2D eigenvalue weighted by Crippen LogP contribution is -2.49. The van der Waals surface area contributed by atoms with Crippen molar-refractivity contribution >= 4 is 17.8 Å². The third kappa shape index (κ3) is 6.80. The first-order valence-corrected chi connectivity index (χ1v) is 14.8. The Bertz CT molecular complexity index is 1810. The summed E-state index contributed by atoms with van der Waals surface area (Å²) in [5.74, 6) is 0.460. The number of aromatic nitrogens is 5. The topological polar surface area (TPSA) is 125 Å². The van der Waals surface area contributed by atoms with Gasteiger partial charge < -0.3 is 10.6 Å². The normalized spacial score (nSPS) is 16.0. The van der Waals surface area contributed by atoms with Crippen molar-refractivity contribution in [2.45, 2.75) is 44.3 Å². The number of urea groups is 1. The molecule has 3 aromatic heterocycles. The number of carbonyl (C=O) groups excluding carboxylic acids is 1. The van der Waals surface area contributed by atoms with Crippen LogP contribution < -0.4 is 15.5 Å². The molecule has 2 amide bonds. The van der Waals surface area contributed by atoms with Crippen LogP contribution >= 0.6 is 0 Å². The summed E-state index contributed by atoms with van der Waals surface area (Å²) in [4.78, 5) is 29.0. The zero-order valence-electron chi connectivity index (χ0n) is 24.8. The van der Waals surface area contributed by atoms with Gasteiger partial charge in [-0.05, 0) is 55.5 Å². The van der Waals surface area contributed by atoms with Crippen LogP contribution in [0, 0.1) is 17.1 Å². The van der Waals surface area contributed by atoms with E-state index in [9.17, 15) is 14.4 Å². The first kappa shape index (κ1) is 29.4. The number of nitriles is 1. The minimum Gasteiger partial charge on any atom is -0.351 e. The zero-order valence-corrected chi connectivity index (χ0v) is 24.8. The number of benzene rings is 2. The lowest BCUT2D eigenvalue weighted by Gasteiger charge is -2.36. The van der Waals surface area contributed by atoms with Crippen molar-refractivity contribution in [3.05, 3.63) is 108 Å². The van der Waals surface area contributed by atoms with E-state index in [4.69, 9.17) is 4.98 Å². The van der Waals surface area contributed by atoms with E-state index in [1.54, 1.807) is 40.2 Å². The molecule has 0 spiro atoms. The fourth-order valence-electron chi connectivity index (χ4n) is 5.64. The molecule has 1 saturated carbocycles. The number of nitrogens with one attached hydrogen (secondary N) is 2. The summed E-state index contributed by atoms with van der Waals surface area (Å²) in [6.07, 6.45) is 9.84. The lowest BCUT2D eigenvalue weighted by molar-refractivity contribution is 0.240. The van der Waals surface area contributed by atoms with Crippen LogP contribution in [0.4, 0.5) is 21.0 Å². The van der Waals surface area contributed by atoms with Crippen LogP contribution in [0.15, 0.2) is 91.5 Å². The second kappa shape index (κ2) is 13.3. The van der Waals surface area contributed by atoms with Gasteiger partial charge in [0.15, 0.2) is 0 Å². The molecule has 1 aliphatic rings. The summed E-state index contributed by atoms with van der Waals surface area (Å²) < 4.78 is 16.3. The Hall–Kier alpha value is -5.63. The van der Waals surface area contributed by atoms with Crippen molar-refractivity contribution < 1.29 is 9.18 Å². The summed E-state index contributed by atoms with van der Waals surface area (Å²) in [5, 5.41) is 20.2. The number of aryl methyl sites for hydroxylation is 1. The maximum atomic E-state index is 14.5. The first-order chi connectivity index (χ1) is 22.0. The van der Waals surface area contributed by atoms with E-state index in [0.717, 1.165) is 42.4 Å². The van der Waals surface area contributed by atoms with Crippen LogP contribution in [0.5, 0.6) is 0 Å². The Labute approximate surface area is 260 Å². The largest absolute Gasteiger partial charge is 0.351 e. The molecular formula is C34H32FN9O. The van der Waals surface area contributed by atoms with Gasteiger partial charge in [-0.3, -0.25) is 9.58 Å². The van der Waals surface area contributed by atoms with Crippen LogP contribution in [-0.4, -0.2) is 42.8 Å². The number of amides is 2. The predicted octanol–water partition coefficient (Wildman–Crippen LogP) is 6.09. The third-order valence-corrected chi connectivity index (χ3v) is 7.97. The van der Waals surface area contributed by atoms with E-state index in [0.29, 0.717) is 18.3 Å². The van der Waals surface area contributed by atoms with Crippen molar-refractivity contribution in [1.29, 1.82) is 5.26 Å². The molecule has 0 radical (unpaired) electrons. The number of halogens is 1. The molecule has 2 aromatic carbocycles. The van der Waals surface area contributed by atoms with Crippen LogP contribution in [0.1, 0.15) is 36.8 Å². The van der Waals surface area contributed by atoms with Gasteiger partial charge in [0.05, 0.1) is 23.7 Å². The number of hydrogen-bond acceptors (Lipinski definition) is 7. The number of rotatable bonds is 8. The van der Waals surface area contributed by atoms with E-state index < -0.39 is 5.82 Å². The molecule has 10 nitrogen and oxygen atoms in total. The average molecular weight is 602 g/mol. The fourth-order valence-corrected chi connectivity index (χ4v) is 5.64. The molecule has 11 heteroatoms. The highest BCUT2D eigenvalue weighted by Gasteiger charge is 2.31. The molecular weight excluding hydrogens is 569 g/mol. The van der Waals surface area contributed by atoms with Crippen molar-refractivity contribution in [3.8, 4) is 28.5 Å². The maximum absolute atomic E-state index is 14.5. The van der Waals surface area contributed by atoms with Gasteiger partial charge in [0, 0.05) is 54.8 Å². The van der Waals surface area contributed by atoms with Crippen molar-refractivity contribution in [2.24, 2.45) is 7.05 Å². The smallest absolute Gasteiger partial charge is 0.323 e. The molecule has 5 aromatic rings. The molecule has 226 valence electrons. The Morgan fingerprint density at radius 2 is 1.76 bits per heavy atom. The lowest BCUT2D eigenvalue weighted by atomic mass is 9.90. The number of carbonyl (C=O) groups is 1. The third-order valence-electron chi connectivity index (χ3n) is 7.97. The van der Waals surface area contributed by atoms with Gasteiger partial charge >= 0.3 is 6.03 Å². The molecule has 3 heterocycles. The molecule has 0 atom stereocenters. The summed E-state index contributed by atoms with van der Waals surface area (Å²) in [5.41, 5.74) is 3.59. The Morgan fingerprint density at radius 3 is 2.44 bits per heavy atom. The fraction of sp³-hybridized carbons (Fsp3) is 0.235. The van der Waals surface area contributed by atoms with Crippen LogP contribution in [0.3, 0.4) is 0 Å². The van der Waals surface area contributed by atoms with E-state index in [-0.39, 0.29) is 34.9 Å². The van der Waals surface area contributed by atoms with E-state index in [2.05, 4.69) is 31.8 Å². The van der Waals surface area contributed by atoms with Crippen molar-refractivity contribution in [1.82, 2.24) is 30.0 Å². The van der Waals surface area contributed by atoms with Crippen molar-refractivity contribution in [3.63, 3.8) is 0 Å². The predicted molar refractivity (Wildman–Crippen MR) is 169 cm³/mol. The minimum absolute atomic E-state index is 0.0396. The molecule has 0 aliphatic heterocycles. The number of pyridine rings is 1. The van der Waals surface area contributed by atoms with Crippen molar-refractivity contribution in [2.75, 3.05) is 10.2 Å². The van der Waals surface area contributed by atoms with Crippen LogP contribution in [0.25, 0.3) is 22.4 Å². The molecule has 2 N–H and O–H groups in total. The maximum Gasteiger partial charge on any atom is 0.323 e. The number of nitrogens with zero attached hydrogens (tertiary/aromatic N) is 7. The van der Waals surface area contributed by atoms with Crippen LogP contribution in [0.2, 0.25) is 0 Å². The first-order valence-electron chi connectivity index (χ1n) is 14.8. The molecule has 45 heavy (non-hydrogen) atoms. The monoisotopic (exact) mass is 601 g/mol. The number of anilines is 2. The van der Waals surface area contributed by atoms with Gasteiger partial charge in [-0.25, -0.2) is 24.1 Å². The molecule has 0 saturated heterocycles. The molecule has 1 fully saturated rings. The van der Waals surface area contributed by atoms with Gasteiger partial charge in [-0.15, -0.1) is 0 Å². The Balaban J connectivity index is 1.17. The summed E-state index contributed by atoms with van der Waals surface area (Å²) in [7, 11) is 1.87. The molecule has 0 unspecified atom stereocenters. The van der Waals surface area contributed by atoms with Gasteiger partial charge in [0.1, 0.15) is 17.7 Å². The highest BCUT2D eigenvalue weighted by atomic mass is 19.1. The number of hydrogen-bond donors (Lipinski definition) is 2. The minimum atomic E-state index is -0.452. The van der Waals surface area contributed by atoms with E-state index in [1.807, 2.05) is 55.7 Å². The second-order valence-corrected chi connectivity index (χ2v) is 11.0. The second-order valence-electron chi connectivity index (χ2n) is 11.0. The summed E-state index contributed by atoms with van der Waals surface area (Å²) in [6, 6.07) is 21.7. The summed E-state index contributed by atoms with van der Waals surface area (Å²) in [6.45, 7) is 0.404. The quantitative estimate of drug-likeness (QED) is 0.221. The van der Waals surface area contributed by atoms with Gasteiger partial charge in [-0.2, -0.15) is 10.4 Å². The highest BCUT2D eigenvalue weighted by Crippen LogP contribution is 2.30. The molecule has 0 bridgehead atoms. The standard InChI is InChI=1S/C34H32FN9O/c1-43-22-26(21-40-43)24-11-16-31(37-19-24)44(34(45)39-18-23-7-3-2-4-8-23)28-14-12-27(13-15-28)41-33-38-20-25(17-36)32(42-33)29-9-5-6-10-30(29)35/h2-11,16,19-22,27-28H,12-15,18H2,1H3,(H,39,45)(H,38,41,42)/t27-,28-. The van der Waals surface area contributed by atoms with Crippen LogP contribution in [-0.2, 0) is 13.6 Å². The average Bonchev–Trinajstić information content (AvgIpc) is 3.52. The molecule has 6 rings (SSSR count). The van der Waals surface area contributed by atoms with E-state index in [1.165, 1.54) is 12.3 Å². The summed E-state index contributed by atoms with van der Waals surface area (Å²) >= 11 is 0. The highest BCUT2D eigenvalue weighted by molar-refractivity contribution is 5.91. The van der Waals surface area contributed by atoms with Gasteiger partial charge in [0.25, 0.3) is 0 Å². The molecule has 1 aliphatic carbocycles. The van der Waals surface area contributed by atoms with E-state index >= 15 is 0 Å². The van der Waals surface area contributed by atoms with Gasteiger partial charge in [0.2, 0.25) is 5.95 Å². The SMILES string of the molecule is Cn1cc(-c2ccc(N(C(=O)NCc3ccccc3)[C@H]3CC[C@H](Nc4ncc(C#N)c(-c5ccccc5F)n4)CC3)nc2)cn1. The zero-order chi connectivity index (χ0) is 31.2. The Kier molecular flexibility index (Phi) is 8.73. The van der Waals surface area contributed by atoms with Gasteiger partial charge in [-0.1, -0.05) is 42.5 Å².